The lowest BCUT2D eigenvalue weighted by Gasteiger charge is -2.35. The van der Waals surface area contributed by atoms with Crippen molar-refractivity contribution in [1.29, 1.82) is 0 Å². The molecule has 2 aromatic carbocycles. The number of anilines is 4. The number of nitrogens with one attached hydrogen (secondary N) is 2. The summed E-state index contributed by atoms with van der Waals surface area (Å²) >= 11 is 0. The maximum Gasteiger partial charge on any atom is 0.232 e. The number of hydrogen-bond acceptors (Lipinski definition) is 7. The van der Waals surface area contributed by atoms with E-state index in [4.69, 9.17) is 4.98 Å². The standard InChI is InChI=1S/C29H35N7O2S/c1-20-18-35(15-13-30-20)27-11-10-24(16-25(27)21-8-9-21)32-29-31-17-22-12-14-36(28(22)33-29)19-23-6-4-5-7-26(23)34(2)39(3,37)38/h4-7,10-12,14,16-17,20-21,30H,8-9,13,15,18-19H2,1-3H3,(H,31,32,33)/t20-/m1/s1. The van der Waals surface area contributed by atoms with Gasteiger partial charge < -0.3 is 20.1 Å². The van der Waals surface area contributed by atoms with Gasteiger partial charge >= 0.3 is 0 Å². The number of nitrogens with zero attached hydrogens (tertiary/aromatic N) is 5. The highest BCUT2D eigenvalue weighted by Gasteiger charge is 2.29. The Labute approximate surface area is 229 Å². The average Bonchev–Trinajstić information content (AvgIpc) is 3.70. The van der Waals surface area contributed by atoms with Crippen molar-refractivity contribution in [2.24, 2.45) is 0 Å². The van der Waals surface area contributed by atoms with Gasteiger partial charge in [0.2, 0.25) is 16.0 Å². The van der Waals surface area contributed by atoms with E-state index < -0.39 is 10.0 Å². The Morgan fingerprint density at radius 1 is 1.15 bits per heavy atom. The van der Waals surface area contributed by atoms with Crippen LogP contribution in [0.25, 0.3) is 11.0 Å². The highest BCUT2D eigenvalue weighted by Crippen LogP contribution is 2.45. The lowest BCUT2D eigenvalue weighted by atomic mass is 10.0. The van der Waals surface area contributed by atoms with E-state index >= 15 is 0 Å². The molecular formula is C29H35N7O2S. The first-order valence-electron chi connectivity index (χ1n) is 13.5. The second-order valence-electron chi connectivity index (χ2n) is 10.7. The van der Waals surface area contributed by atoms with Crippen molar-refractivity contribution in [1.82, 2.24) is 19.9 Å². The van der Waals surface area contributed by atoms with Gasteiger partial charge in [0.1, 0.15) is 5.65 Å². The number of para-hydroxylation sites is 1. The lowest BCUT2D eigenvalue weighted by Crippen LogP contribution is -2.49. The minimum absolute atomic E-state index is 0.485. The Hall–Kier alpha value is -3.63. The van der Waals surface area contributed by atoms with Gasteiger partial charge in [0.25, 0.3) is 0 Å². The van der Waals surface area contributed by atoms with E-state index in [0.29, 0.717) is 30.1 Å². The molecule has 1 aliphatic carbocycles. The number of benzene rings is 2. The van der Waals surface area contributed by atoms with Gasteiger partial charge in [-0.1, -0.05) is 18.2 Å². The minimum atomic E-state index is -3.38. The molecular weight excluding hydrogens is 510 g/mol. The maximum atomic E-state index is 12.2. The van der Waals surface area contributed by atoms with Crippen LogP contribution >= 0.6 is 0 Å². The highest BCUT2D eigenvalue weighted by atomic mass is 32.2. The van der Waals surface area contributed by atoms with Crippen molar-refractivity contribution in [3.63, 3.8) is 0 Å². The van der Waals surface area contributed by atoms with E-state index in [0.717, 1.165) is 41.9 Å². The quantitative estimate of drug-likeness (QED) is 0.341. The van der Waals surface area contributed by atoms with Crippen molar-refractivity contribution in [3.05, 3.63) is 72.1 Å². The molecule has 1 saturated carbocycles. The average molecular weight is 546 g/mol. The van der Waals surface area contributed by atoms with Crippen LogP contribution in [0.5, 0.6) is 0 Å². The molecule has 4 aromatic rings. The molecule has 9 nitrogen and oxygen atoms in total. The van der Waals surface area contributed by atoms with Gasteiger partial charge in [-0.05, 0) is 67.1 Å². The van der Waals surface area contributed by atoms with Crippen LogP contribution in [0.3, 0.4) is 0 Å². The molecule has 0 radical (unpaired) electrons. The van der Waals surface area contributed by atoms with Crippen LogP contribution in [0.15, 0.2) is 60.9 Å². The second-order valence-corrected chi connectivity index (χ2v) is 12.8. The third kappa shape index (κ3) is 5.44. The molecule has 1 atom stereocenters. The molecule has 10 heteroatoms. The molecule has 2 aliphatic rings. The molecule has 2 aromatic heterocycles. The number of hydrogen-bond donors (Lipinski definition) is 2. The fourth-order valence-electron chi connectivity index (χ4n) is 5.39. The van der Waals surface area contributed by atoms with Crippen molar-refractivity contribution < 1.29 is 8.42 Å². The van der Waals surface area contributed by atoms with Crippen LogP contribution in [-0.2, 0) is 16.6 Å². The summed E-state index contributed by atoms with van der Waals surface area (Å²) in [4.78, 5) is 11.9. The Bertz CT molecular complexity index is 1610. The van der Waals surface area contributed by atoms with Crippen molar-refractivity contribution in [2.45, 2.75) is 38.3 Å². The van der Waals surface area contributed by atoms with E-state index in [2.05, 4.69) is 45.6 Å². The smallest absolute Gasteiger partial charge is 0.232 e. The number of rotatable bonds is 8. The lowest BCUT2D eigenvalue weighted by molar-refractivity contribution is 0.484. The predicted molar refractivity (Wildman–Crippen MR) is 158 cm³/mol. The Morgan fingerprint density at radius 2 is 1.97 bits per heavy atom. The number of sulfonamides is 1. The summed E-state index contributed by atoms with van der Waals surface area (Å²) in [6.07, 6.45) is 7.49. The van der Waals surface area contributed by atoms with Gasteiger partial charge in [0.15, 0.2) is 0 Å². The predicted octanol–water partition coefficient (Wildman–Crippen LogP) is 4.29. The fraction of sp³-hybridized carbons (Fsp3) is 0.379. The SMILES string of the molecule is C[C@@H]1CN(c2ccc(Nc3ncc4ccn(Cc5ccccc5N(C)S(C)(=O)=O)c4n3)cc2C2CC2)CCN1. The summed E-state index contributed by atoms with van der Waals surface area (Å²) in [6, 6.07) is 16.6. The zero-order valence-corrected chi connectivity index (χ0v) is 23.4. The number of piperazine rings is 1. The maximum absolute atomic E-state index is 12.2. The number of fused-ring (bicyclic) bond motifs is 1. The Morgan fingerprint density at radius 3 is 2.74 bits per heavy atom. The Kier molecular flexibility index (Phi) is 6.68. The van der Waals surface area contributed by atoms with Crippen LogP contribution < -0.4 is 19.8 Å². The zero-order chi connectivity index (χ0) is 27.1. The minimum Gasteiger partial charge on any atom is -0.368 e. The van der Waals surface area contributed by atoms with E-state index in [1.54, 1.807) is 7.05 Å². The van der Waals surface area contributed by atoms with E-state index in [-0.39, 0.29) is 0 Å². The topological polar surface area (TPSA) is 95.4 Å². The second kappa shape index (κ2) is 10.2. The van der Waals surface area contributed by atoms with E-state index in [1.807, 2.05) is 47.3 Å². The van der Waals surface area contributed by atoms with Gasteiger partial charge in [0, 0.05) is 61.9 Å². The first-order chi connectivity index (χ1) is 18.8. The molecule has 2 fully saturated rings. The largest absolute Gasteiger partial charge is 0.368 e. The van der Waals surface area contributed by atoms with Crippen LogP contribution in [0, 0.1) is 0 Å². The number of aromatic nitrogens is 3. The highest BCUT2D eigenvalue weighted by molar-refractivity contribution is 7.92. The summed E-state index contributed by atoms with van der Waals surface area (Å²) in [6.45, 7) is 5.78. The van der Waals surface area contributed by atoms with Gasteiger partial charge in [-0.25, -0.2) is 13.4 Å². The Balaban J connectivity index is 1.27. The summed E-state index contributed by atoms with van der Waals surface area (Å²) < 4.78 is 27.7. The molecule has 0 spiro atoms. The summed E-state index contributed by atoms with van der Waals surface area (Å²) in [5.41, 5.74) is 6.08. The van der Waals surface area contributed by atoms with Crippen LogP contribution in [0.4, 0.5) is 23.0 Å². The molecule has 39 heavy (non-hydrogen) atoms. The fourth-order valence-corrected chi connectivity index (χ4v) is 5.93. The molecule has 6 rings (SSSR count). The van der Waals surface area contributed by atoms with Crippen molar-refractivity contribution in [2.75, 3.05) is 47.5 Å². The van der Waals surface area contributed by atoms with Crippen LogP contribution in [0.1, 0.15) is 36.8 Å². The molecule has 1 aliphatic heterocycles. The molecule has 3 heterocycles. The summed E-state index contributed by atoms with van der Waals surface area (Å²) in [7, 11) is -1.80. The monoisotopic (exact) mass is 545 g/mol. The van der Waals surface area contributed by atoms with Crippen LogP contribution in [0.2, 0.25) is 0 Å². The normalized spacial score (nSPS) is 17.9. The molecule has 204 valence electrons. The first-order valence-corrected chi connectivity index (χ1v) is 15.3. The van der Waals surface area contributed by atoms with Gasteiger partial charge in [-0.3, -0.25) is 4.31 Å². The van der Waals surface area contributed by atoms with Gasteiger partial charge in [0.05, 0.1) is 18.5 Å². The third-order valence-corrected chi connectivity index (χ3v) is 8.87. The first kappa shape index (κ1) is 25.6. The van der Waals surface area contributed by atoms with E-state index in [9.17, 15) is 8.42 Å². The van der Waals surface area contributed by atoms with Gasteiger partial charge in [-0.2, -0.15) is 4.98 Å². The summed E-state index contributed by atoms with van der Waals surface area (Å²) in [5, 5.41) is 7.90. The molecule has 0 amide bonds. The van der Waals surface area contributed by atoms with Gasteiger partial charge in [-0.15, -0.1) is 0 Å². The molecule has 0 unspecified atom stereocenters. The summed E-state index contributed by atoms with van der Waals surface area (Å²) in [5.74, 6) is 1.16. The van der Waals surface area contributed by atoms with E-state index in [1.165, 1.54) is 34.7 Å². The molecule has 2 N–H and O–H groups in total. The van der Waals surface area contributed by atoms with Crippen molar-refractivity contribution in [3.8, 4) is 0 Å². The molecule has 1 saturated heterocycles. The van der Waals surface area contributed by atoms with Crippen LogP contribution in [-0.4, -0.2) is 61.9 Å². The third-order valence-electron chi connectivity index (χ3n) is 7.68. The van der Waals surface area contributed by atoms with Crippen molar-refractivity contribution >= 4 is 44.1 Å². The molecule has 0 bridgehead atoms. The zero-order valence-electron chi connectivity index (χ0n) is 22.6.